The van der Waals surface area contributed by atoms with Crippen LogP contribution in [-0.4, -0.2) is 43.8 Å². The van der Waals surface area contributed by atoms with Crippen LogP contribution in [0.25, 0.3) is 0 Å². The zero-order chi connectivity index (χ0) is 33.6. The lowest BCUT2D eigenvalue weighted by molar-refractivity contribution is -0.140. The van der Waals surface area contributed by atoms with Crippen molar-refractivity contribution in [2.75, 3.05) is 10.8 Å². The lowest BCUT2D eigenvalue weighted by Gasteiger charge is -2.34. The first kappa shape index (κ1) is 34.2. The van der Waals surface area contributed by atoms with Gasteiger partial charge in [-0.3, -0.25) is 13.9 Å². The second-order valence-corrected chi connectivity index (χ2v) is 14.8. The van der Waals surface area contributed by atoms with Gasteiger partial charge in [0.25, 0.3) is 10.0 Å². The fourth-order valence-corrected chi connectivity index (χ4v) is 7.88. The van der Waals surface area contributed by atoms with E-state index in [2.05, 4.69) is 5.32 Å². The number of rotatable bonds is 12. The molecule has 1 unspecified atom stereocenters. The summed E-state index contributed by atoms with van der Waals surface area (Å²) in [5.74, 6) is -0.751. The Morgan fingerprint density at radius 3 is 2.15 bits per heavy atom. The van der Waals surface area contributed by atoms with Crippen molar-refractivity contribution in [2.24, 2.45) is 0 Å². The standard InChI is InChI=1S/C38H42ClN3O4S/c1-27-16-19-34(20-17-27)47(45,46)42(35-21-18-28(2)22-29(35)3)26-37(43)41(25-31-12-9-13-32(39)23-31)36(24-30-10-5-4-6-11-30)38(44)40-33-14-7-8-15-33/h4-6,9-13,16-23,33,36H,7-8,14-15,24-26H2,1-3H3,(H,40,44). The second kappa shape index (κ2) is 15.2. The molecule has 9 heteroatoms. The van der Waals surface area contributed by atoms with E-state index in [-0.39, 0.29) is 29.8 Å². The number of hydrogen-bond donors (Lipinski definition) is 1. The molecule has 0 bridgehead atoms. The van der Waals surface area contributed by atoms with Gasteiger partial charge in [0.2, 0.25) is 11.8 Å². The van der Waals surface area contributed by atoms with E-state index in [9.17, 15) is 18.0 Å². The summed E-state index contributed by atoms with van der Waals surface area (Å²) in [6.45, 7) is 5.23. The first-order valence-electron chi connectivity index (χ1n) is 16.1. The van der Waals surface area contributed by atoms with Crippen LogP contribution in [0.4, 0.5) is 5.69 Å². The summed E-state index contributed by atoms with van der Waals surface area (Å²) in [4.78, 5) is 30.4. The van der Waals surface area contributed by atoms with E-state index in [0.717, 1.165) is 53.5 Å². The summed E-state index contributed by atoms with van der Waals surface area (Å²) < 4.78 is 29.8. The molecule has 1 aliphatic carbocycles. The van der Waals surface area contributed by atoms with Crippen molar-refractivity contribution >= 4 is 39.1 Å². The van der Waals surface area contributed by atoms with Gasteiger partial charge in [-0.1, -0.05) is 102 Å². The number of aryl methyl sites for hydroxylation is 3. The van der Waals surface area contributed by atoms with E-state index < -0.39 is 28.5 Å². The fourth-order valence-electron chi connectivity index (χ4n) is 6.19. The van der Waals surface area contributed by atoms with E-state index in [1.807, 2.05) is 69.3 Å². The third kappa shape index (κ3) is 8.62. The average molecular weight is 672 g/mol. The Morgan fingerprint density at radius 2 is 1.49 bits per heavy atom. The molecule has 0 aromatic heterocycles. The summed E-state index contributed by atoms with van der Waals surface area (Å²) in [5, 5.41) is 3.71. The molecule has 7 nitrogen and oxygen atoms in total. The molecule has 47 heavy (non-hydrogen) atoms. The molecule has 0 aliphatic heterocycles. The van der Waals surface area contributed by atoms with Gasteiger partial charge in [0.05, 0.1) is 10.6 Å². The smallest absolute Gasteiger partial charge is 0.264 e. The van der Waals surface area contributed by atoms with Crippen molar-refractivity contribution in [1.82, 2.24) is 10.2 Å². The summed E-state index contributed by atoms with van der Waals surface area (Å²) in [7, 11) is -4.17. The maximum absolute atomic E-state index is 14.7. The van der Waals surface area contributed by atoms with Crippen LogP contribution in [0.15, 0.2) is 102 Å². The molecule has 0 spiro atoms. The van der Waals surface area contributed by atoms with Crippen molar-refractivity contribution < 1.29 is 18.0 Å². The molecule has 0 saturated heterocycles. The molecule has 1 N–H and O–H groups in total. The summed E-state index contributed by atoms with van der Waals surface area (Å²) >= 11 is 6.36. The maximum atomic E-state index is 14.7. The van der Waals surface area contributed by atoms with Crippen molar-refractivity contribution in [1.29, 1.82) is 0 Å². The quantitative estimate of drug-likeness (QED) is 0.173. The van der Waals surface area contributed by atoms with Crippen LogP contribution in [0.5, 0.6) is 0 Å². The third-order valence-electron chi connectivity index (χ3n) is 8.72. The SMILES string of the molecule is Cc1ccc(S(=O)(=O)N(CC(=O)N(Cc2cccc(Cl)c2)C(Cc2ccccc2)C(=O)NC2CCCC2)c2ccc(C)cc2C)cc1. The van der Waals surface area contributed by atoms with E-state index in [1.165, 1.54) is 9.21 Å². The molecular formula is C38H42ClN3O4S. The lowest BCUT2D eigenvalue weighted by atomic mass is 10.0. The van der Waals surface area contributed by atoms with E-state index in [1.54, 1.807) is 48.5 Å². The highest BCUT2D eigenvalue weighted by molar-refractivity contribution is 7.92. The van der Waals surface area contributed by atoms with Gasteiger partial charge < -0.3 is 10.2 Å². The number of carbonyl (C=O) groups excluding carboxylic acids is 2. The predicted octanol–water partition coefficient (Wildman–Crippen LogP) is 7.16. The van der Waals surface area contributed by atoms with Crippen LogP contribution in [0.1, 0.15) is 53.5 Å². The van der Waals surface area contributed by atoms with Crippen molar-refractivity contribution in [3.63, 3.8) is 0 Å². The largest absolute Gasteiger partial charge is 0.352 e. The Bertz CT molecular complexity index is 1810. The van der Waals surface area contributed by atoms with Crippen LogP contribution in [-0.2, 0) is 32.6 Å². The topological polar surface area (TPSA) is 86.8 Å². The molecule has 1 fully saturated rings. The second-order valence-electron chi connectivity index (χ2n) is 12.5. The number of nitrogens with zero attached hydrogens (tertiary/aromatic N) is 2. The highest BCUT2D eigenvalue weighted by atomic mass is 35.5. The van der Waals surface area contributed by atoms with Gasteiger partial charge in [0.1, 0.15) is 12.6 Å². The van der Waals surface area contributed by atoms with E-state index in [4.69, 9.17) is 11.6 Å². The molecule has 1 saturated carbocycles. The van der Waals surface area contributed by atoms with Gasteiger partial charge in [-0.25, -0.2) is 8.42 Å². The Balaban J connectivity index is 1.58. The zero-order valence-corrected chi connectivity index (χ0v) is 28.7. The molecule has 0 radical (unpaired) electrons. The van der Waals surface area contributed by atoms with E-state index in [0.29, 0.717) is 10.7 Å². The van der Waals surface area contributed by atoms with Crippen molar-refractivity contribution in [2.45, 2.75) is 76.4 Å². The minimum absolute atomic E-state index is 0.0394. The van der Waals surface area contributed by atoms with Gasteiger partial charge >= 0.3 is 0 Å². The first-order chi connectivity index (χ1) is 22.5. The molecule has 1 atom stereocenters. The predicted molar refractivity (Wildman–Crippen MR) is 188 cm³/mol. The van der Waals surface area contributed by atoms with Crippen LogP contribution in [0.2, 0.25) is 5.02 Å². The minimum Gasteiger partial charge on any atom is -0.352 e. The summed E-state index contributed by atoms with van der Waals surface area (Å²) in [6.07, 6.45) is 4.13. The molecule has 1 aliphatic rings. The first-order valence-corrected chi connectivity index (χ1v) is 17.9. The molecule has 246 valence electrons. The number of carbonyl (C=O) groups is 2. The number of sulfonamides is 1. The number of halogens is 1. The van der Waals surface area contributed by atoms with Crippen LogP contribution in [0, 0.1) is 20.8 Å². The van der Waals surface area contributed by atoms with Crippen molar-refractivity contribution in [3.8, 4) is 0 Å². The lowest BCUT2D eigenvalue weighted by Crippen LogP contribution is -2.54. The number of hydrogen-bond acceptors (Lipinski definition) is 4. The highest BCUT2D eigenvalue weighted by Crippen LogP contribution is 2.29. The summed E-state index contributed by atoms with van der Waals surface area (Å²) in [5.41, 5.74) is 4.64. The maximum Gasteiger partial charge on any atom is 0.264 e. The van der Waals surface area contributed by atoms with Crippen molar-refractivity contribution in [3.05, 3.63) is 130 Å². The van der Waals surface area contributed by atoms with Gasteiger partial charge in [0.15, 0.2) is 0 Å². The van der Waals surface area contributed by atoms with E-state index >= 15 is 0 Å². The van der Waals surface area contributed by atoms with Crippen LogP contribution < -0.4 is 9.62 Å². The Morgan fingerprint density at radius 1 is 0.830 bits per heavy atom. The van der Waals surface area contributed by atoms with Gasteiger partial charge in [-0.15, -0.1) is 0 Å². The van der Waals surface area contributed by atoms with Gasteiger partial charge in [-0.2, -0.15) is 0 Å². The molecule has 2 amide bonds. The Kier molecular flexibility index (Phi) is 11.0. The number of benzene rings is 4. The fraction of sp³-hybridized carbons (Fsp3) is 0.316. The Hall–Kier alpha value is -4.14. The highest BCUT2D eigenvalue weighted by Gasteiger charge is 2.36. The minimum atomic E-state index is -4.17. The third-order valence-corrected chi connectivity index (χ3v) is 10.7. The molecule has 5 rings (SSSR count). The van der Waals surface area contributed by atoms with Gasteiger partial charge in [-0.05, 0) is 80.6 Å². The number of nitrogens with one attached hydrogen (secondary N) is 1. The zero-order valence-electron chi connectivity index (χ0n) is 27.2. The molecule has 0 heterocycles. The molecule has 4 aromatic carbocycles. The summed E-state index contributed by atoms with van der Waals surface area (Å²) in [6, 6.07) is 28.0. The monoisotopic (exact) mass is 671 g/mol. The molecular weight excluding hydrogens is 630 g/mol. The molecule has 4 aromatic rings. The normalized spacial score (nSPS) is 14.0. The Labute approximate surface area is 283 Å². The number of amides is 2. The van der Waals surface area contributed by atoms with Crippen LogP contribution in [0.3, 0.4) is 0 Å². The van der Waals surface area contributed by atoms with Crippen LogP contribution >= 0.6 is 11.6 Å². The average Bonchev–Trinajstić information content (AvgIpc) is 3.55. The number of anilines is 1. The van der Waals surface area contributed by atoms with Gasteiger partial charge in [0, 0.05) is 24.0 Å².